The van der Waals surface area contributed by atoms with E-state index in [4.69, 9.17) is 0 Å². The second kappa shape index (κ2) is 5.13. The Morgan fingerprint density at radius 1 is 1.50 bits per heavy atom. The van der Waals surface area contributed by atoms with Gasteiger partial charge in [-0.15, -0.1) is 0 Å². The first-order chi connectivity index (χ1) is 7.72. The second-order valence-electron chi connectivity index (χ2n) is 4.13. The molecule has 0 aromatic heterocycles. The fourth-order valence-electron chi connectivity index (χ4n) is 2.33. The van der Waals surface area contributed by atoms with Gasteiger partial charge >= 0.3 is 0 Å². The Morgan fingerprint density at radius 3 is 2.94 bits per heavy atom. The van der Waals surface area contributed by atoms with Gasteiger partial charge in [-0.3, -0.25) is 4.90 Å². The van der Waals surface area contributed by atoms with Crippen LogP contribution in [-0.4, -0.2) is 29.7 Å². The summed E-state index contributed by atoms with van der Waals surface area (Å²) in [6.07, 6.45) is 1.05. The first-order valence-electron chi connectivity index (χ1n) is 5.48. The largest absolute Gasteiger partial charge is 0.394 e. The summed E-state index contributed by atoms with van der Waals surface area (Å²) in [6.45, 7) is 5.80. The van der Waals surface area contributed by atoms with Gasteiger partial charge in [-0.1, -0.05) is 46.8 Å². The van der Waals surface area contributed by atoms with Crippen LogP contribution in [0.25, 0.3) is 0 Å². The zero-order chi connectivity index (χ0) is 11.5. The Labute approximate surface area is 105 Å². The molecule has 1 N–H and O–H groups in total. The van der Waals surface area contributed by atoms with Gasteiger partial charge in [0.25, 0.3) is 0 Å². The maximum Gasteiger partial charge on any atom is 0.0628 e. The molecule has 2 rings (SSSR count). The van der Waals surface area contributed by atoms with E-state index >= 15 is 0 Å². The van der Waals surface area contributed by atoms with Crippen LogP contribution in [0.2, 0.25) is 0 Å². The molecule has 1 unspecified atom stereocenters. The lowest BCUT2D eigenvalue weighted by atomic mass is 9.93. The third kappa shape index (κ3) is 2.37. The molecule has 3 heteroatoms. The molecule has 0 amide bonds. The fourth-order valence-corrected chi connectivity index (χ4v) is 2.65. The van der Waals surface area contributed by atoms with E-state index in [2.05, 4.69) is 45.6 Å². The zero-order valence-corrected chi connectivity index (χ0v) is 10.8. The van der Waals surface area contributed by atoms with E-state index in [1.165, 1.54) is 11.1 Å². The SMILES string of the molecule is C=C(Br)CN1CCc2ccccc2C1CO. The second-order valence-corrected chi connectivity index (χ2v) is 5.26. The normalized spacial score (nSPS) is 20.5. The Balaban J connectivity index is 2.26. The molecular weight excluding hydrogens is 266 g/mol. The lowest BCUT2D eigenvalue weighted by Crippen LogP contribution is -2.38. The predicted octanol–water partition coefficient (Wildman–Crippen LogP) is 2.49. The Bertz CT molecular complexity index is 391. The molecule has 1 aromatic carbocycles. The molecule has 1 heterocycles. The van der Waals surface area contributed by atoms with E-state index in [1.807, 2.05) is 6.07 Å². The summed E-state index contributed by atoms with van der Waals surface area (Å²) < 4.78 is 0.963. The molecule has 2 nitrogen and oxygen atoms in total. The maximum absolute atomic E-state index is 9.53. The molecule has 1 aliphatic rings. The number of hydrogen-bond donors (Lipinski definition) is 1. The van der Waals surface area contributed by atoms with Crippen molar-refractivity contribution in [1.82, 2.24) is 4.90 Å². The highest BCUT2D eigenvalue weighted by Gasteiger charge is 2.26. The zero-order valence-electron chi connectivity index (χ0n) is 9.19. The Kier molecular flexibility index (Phi) is 3.79. The smallest absolute Gasteiger partial charge is 0.0628 e. The van der Waals surface area contributed by atoms with Crippen LogP contribution in [0.3, 0.4) is 0 Å². The minimum absolute atomic E-state index is 0.110. The average molecular weight is 282 g/mol. The van der Waals surface area contributed by atoms with Gasteiger partial charge in [0, 0.05) is 17.6 Å². The van der Waals surface area contributed by atoms with Gasteiger partial charge in [0.1, 0.15) is 0 Å². The van der Waals surface area contributed by atoms with Crippen LogP contribution < -0.4 is 0 Å². The van der Waals surface area contributed by atoms with Crippen molar-refractivity contribution in [2.45, 2.75) is 12.5 Å². The number of benzene rings is 1. The van der Waals surface area contributed by atoms with Crippen molar-refractivity contribution < 1.29 is 5.11 Å². The summed E-state index contributed by atoms with van der Waals surface area (Å²) in [4.78, 5) is 2.26. The van der Waals surface area contributed by atoms with E-state index in [-0.39, 0.29) is 12.6 Å². The Hall–Kier alpha value is -0.640. The molecule has 86 valence electrons. The van der Waals surface area contributed by atoms with E-state index in [1.54, 1.807) is 0 Å². The maximum atomic E-state index is 9.53. The lowest BCUT2D eigenvalue weighted by molar-refractivity contribution is 0.125. The molecule has 0 bridgehead atoms. The van der Waals surface area contributed by atoms with Gasteiger partial charge in [0.2, 0.25) is 0 Å². The van der Waals surface area contributed by atoms with Crippen molar-refractivity contribution in [3.63, 3.8) is 0 Å². The van der Waals surface area contributed by atoms with Crippen molar-refractivity contribution in [3.05, 3.63) is 46.5 Å². The molecule has 1 aliphatic heterocycles. The number of halogens is 1. The number of aliphatic hydroxyl groups is 1. The van der Waals surface area contributed by atoms with Gasteiger partial charge in [-0.05, 0) is 17.5 Å². The predicted molar refractivity (Wildman–Crippen MR) is 69.6 cm³/mol. The quantitative estimate of drug-likeness (QED) is 0.920. The topological polar surface area (TPSA) is 23.5 Å². The van der Waals surface area contributed by atoms with Gasteiger partial charge in [0.15, 0.2) is 0 Å². The summed E-state index contributed by atoms with van der Waals surface area (Å²) >= 11 is 3.39. The number of aliphatic hydroxyl groups excluding tert-OH is 1. The Morgan fingerprint density at radius 2 is 2.25 bits per heavy atom. The molecule has 1 aromatic rings. The summed E-state index contributed by atoms with van der Waals surface area (Å²) in [6, 6.07) is 8.47. The third-order valence-electron chi connectivity index (χ3n) is 3.07. The van der Waals surface area contributed by atoms with Gasteiger partial charge < -0.3 is 5.11 Å². The van der Waals surface area contributed by atoms with E-state index in [0.29, 0.717) is 0 Å². The summed E-state index contributed by atoms with van der Waals surface area (Å²) in [5, 5.41) is 9.53. The highest BCUT2D eigenvalue weighted by Crippen LogP contribution is 2.29. The molecule has 0 aliphatic carbocycles. The minimum Gasteiger partial charge on any atom is -0.394 e. The van der Waals surface area contributed by atoms with E-state index in [9.17, 15) is 5.11 Å². The molecular formula is C13H16BrNO. The van der Waals surface area contributed by atoms with Gasteiger partial charge in [-0.2, -0.15) is 0 Å². The number of rotatable bonds is 3. The first kappa shape index (κ1) is 11.8. The number of hydrogen-bond acceptors (Lipinski definition) is 2. The van der Waals surface area contributed by atoms with E-state index < -0.39 is 0 Å². The summed E-state index contributed by atoms with van der Waals surface area (Å²) in [5.41, 5.74) is 2.61. The van der Waals surface area contributed by atoms with Crippen LogP contribution in [0.15, 0.2) is 35.3 Å². The van der Waals surface area contributed by atoms with Crippen molar-refractivity contribution in [2.75, 3.05) is 19.7 Å². The highest BCUT2D eigenvalue weighted by atomic mass is 79.9. The van der Waals surface area contributed by atoms with Crippen molar-refractivity contribution in [2.24, 2.45) is 0 Å². The van der Waals surface area contributed by atoms with Crippen LogP contribution in [0.4, 0.5) is 0 Å². The van der Waals surface area contributed by atoms with Crippen LogP contribution >= 0.6 is 15.9 Å². The van der Waals surface area contributed by atoms with Crippen molar-refractivity contribution in [1.29, 1.82) is 0 Å². The van der Waals surface area contributed by atoms with Crippen molar-refractivity contribution in [3.8, 4) is 0 Å². The van der Waals surface area contributed by atoms with Crippen LogP contribution in [0, 0.1) is 0 Å². The highest BCUT2D eigenvalue weighted by molar-refractivity contribution is 9.11. The molecule has 0 fully saturated rings. The monoisotopic (exact) mass is 281 g/mol. The van der Waals surface area contributed by atoms with Crippen LogP contribution in [-0.2, 0) is 6.42 Å². The van der Waals surface area contributed by atoms with Crippen LogP contribution in [0.5, 0.6) is 0 Å². The lowest BCUT2D eigenvalue weighted by Gasteiger charge is -2.36. The summed E-state index contributed by atoms with van der Waals surface area (Å²) in [7, 11) is 0. The molecule has 0 spiro atoms. The standard InChI is InChI=1S/C13H16BrNO/c1-10(14)8-15-7-6-11-4-2-3-5-12(11)13(15)9-16/h2-5,13,16H,1,6-9H2. The number of fused-ring (bicyclic) bond motifs is 1. The summed E-state index contributed by atoms with van der Waals surface area (Å²) in [5.74, 6) is 0. The van der Waals surface area contributed by atoms with Crippen molar-refractivity contribution >= 4 is 15.9 Å². The minimum atomic E-state index is 0.110. The average Bonchev–Trinajstić information content (AvgIpc) is 2.28. The first-order valence-corrected chi connectivity index (χ1v) is 6.27. The molecule has 0 radical (unpaired) electrons. The molecule has 0 saturated carbocycles. The molecule has 0 saturated heterocycles. The molecule has 16 heavy (non-hydrogen) atoms. The van der Waals surface area contributed by atoms with E-state index in [0.717, 1.165) is 24.0 Å². The molecule has 1 atom stereocenters. The number of nitrogens with zero attached hydrogens (tertiary/aromatic N) is 1. The fraction of sp³-hybridized carbons (Fsp3) is 0.385. The van der Waals surface area contributed by atoms with Gasteiger partial charge in [-0.25, -0.2) is 0 Å². The van der Waals surface area contributed by atoms with Crippen LogP contribution in [0.1, 0.15) is 17.2 Å². The third-order valence-corrected chi connectivity index (χ3v) is 3.32. The van der Waals surface area contributed by atoms with Gasteiger partial charge in [0.05, 0.1) is 12.6 Å².